The second-order valence-corrected chi connectivity index (χ2v) is 6.67. The van der Waals surface area contributed by atoms with Crippen LogP contribution in [0.5, 0.6) is 0 Å². The highest BCUT2D eigenvalue weighted by Crippen LogP contribution is 2.34. The molecular weight excluding hydrogens is 349 g/mol. The molecule has 0 saturated heterocycles. The molecule has 0 fully saturated rings. The first-order valence-electron chi connectivity index (χ1n) is 7.49. The number of hydrogen-bond acceptors (Lipinski definition) is 2. The van der Waals surface area contributed by atoms with E-state index in [1.54, 1.807) is 23.1 Å². The minimum Gasteiger partial charge on any atom is -0.619 e. The van der Waals surface area contributed by atoms with E-state index in [9.17, 15) is 10.0 Å². The number of carbonyl (C=O) groups is 1. The molecule has 3 aromatic rings. The standard InChI is InChI=1S/C17H13Cl2N3O2/c18-11-6-12-13-9-21(17(23)10-2-1-4-22(24)8-10)5-3-15(13)20-16(12)14(19)7-11/h1-2,4,6-8,20H,3,5,9H2. The number of hydrogen-bond donors (Lipinski definition) is 1. The van der Waals surface area contributed by atoms with Gasteiger partial charge in [-0.1, -0.05) is 23.2 Å². The van der Waals surface area contributed by atoms with Gasteiger partial charge in [0.1, 0.15) is 5.56 Å². The number of nitrogens with zero attached hydrogens (tertiary/aromatic N) is 2. The summed E-state index contributed by atoms with van der Waals surface area (Å²) in [6.07, 6.45) is 3.35. The van der Waals surface area contributed by atoms with Crippen LogP contribution in [0.1, 0.15) is 21.6 Å². The monoisotopic (exact) mass is 361 g/mol. The normalized spacial score (nSPS) is 14.0. The molecule has 1 aliphatic rings. The number of pyridine rings is 1. The molecule has 0 spiro atoms. The molecule has 7 heteroatoms. The van der Waals surface area contributed by atoms with Gasteiger partial charge in [0.05, 0.1) is 10.5 Å². The van der Waals surface area contributed by atoms with Crippen molar-refractivity contribution in [2.24, 2.45) is 0 Å². The highest BCUT2D eigenvalue weighted by Gasteiger charge is 2.26. The first-order valence-corrected chi connectivity index (χ1v) is 8.25. The van der Waals surface area contributed by atoms with E-state index in [0.717, 1.165) is 22.2 Å². The summed E-state index contributed by atoms with van der Waals surface area (Å²) in [5, 5.41) is 13.5. The molecule has 0 radical (unpaired) electrons. The molecule has 3 heterocycles. The Kier molecular flexibility index (Phi) is 3.62. The van der Waals surface area contributed by atoms with Crippen molar-refractivity contribution in [2.75, 3.05) is 6.54 Å². The molecule has 1 N–H and O–H groups in total. The van der Waals surface area contributed by atoms with Crippen LogP contribution in [-0.2, 0) is 13.0 Å². The Morgan fingerprint density at radius 3 is 2.96 bits per heavy atom. The Morgan fingerprint density at radius 2 is 2.17 bits per heavy atom. The van der Waals surface area contributed by atoms with Crippen molar-refractivity contribution in [1.82, 2.24) is 9.88 Å². The van der Waals surface area contributed by atoms with Gasteiger partial charge in [-0.25, -0.2) is 0 Å². The summed E-state index contributed by atoms with van der Waals surface area (Å²) in [5.41, 5.74) is 3.33. The number of amides is 1. The summed E-state index contributed by atoms with van der Waals surface area (Å²) in [7, 11) is 0. The Hall–Kier alpha value is -2.24. The Labute approximate surface area is 148 Å². The van der Waals surface area contributed by atoms with Gasteiger partial charge in [-0.15, -0.1) is 0 Å². The van der Waals surface area contributed by atoms with Gasteiger partial charge in [-0.3, -0.25) is 4.79 Å². The number of benzene rings is 1. The molecule has 2 aromatic heterocycles. The summed E-state index contributed by atoms with van der Waals surface area (Å²) >= 11 is 12.4. The molecule has 5 nitrogen and oxygen atoms in total. The van der Waals surface area contributed by atoms with Crippen molar-refractivity contribution in [1.29, 1.82) is 0 Å². The fraction of sp³-hybridized carbons (Fsp3) is 0.176. The molecule has 1 amide bonds. The van der Waals surface area contributed by atoms with E-state index in [1.807, 2.05) is 6.07 Å². The van der Waals surface area contributed by atoms with Crippen LogP contribution in [0.25, 0.3) is 10.9 Å². The van der Waals surface area contributed by atoms with Crippen molar-refractivity contribution in [2.45, 2.75) is 13.0 Å². The minimum absolute atomic E-state index is 0.159. The highest BCUT2D eigenvalue weighted by atomic mass is 35.5. The van der Waals surface area contributed by atoms with E-state index >= 15 is 0 Å². The predicted octanol–water partition coefficient (Wildman–Crippen LogP) is 3.31. The lowest BCUT2D eigenvalue weighted by molar-refractivity contribution is -0.605. The third-order valence-electron chi connectivity index (χ3n) is 4.31. The van der Waals surface area contributed by atoms with Crippen LogP contribution >= 0.6 is 23.2 Å². The lowest BCUT2D eigenvalue weighted by atomic mass is 10.0. The van der Waals surface area contributed by atoms with Crippen LogP contribution in [-0.4, -0.2) is 22.3 Å². The number of nitrogens with one attached hydrogen (secondary N) is 1. The first kappa shape index (κ1) is 15.3. The Balaban J connectivity index is 1.72. The zero-order valence-corrected chi connectivity index (χ0v) is 14.1. The maximum Gasteiger partial charge on any atom is 0.260 e. The zero-order chi connectivity index (χ0) is 16.8. The smallest absolute Gasteiger partial charge is 0.260 e. The minimum atomic E-state index is -0.159. The Morgan fingerprint density at radius 1 is 1.33 bits per heavy atom. The maximum atomic E-state index is 12.7. The lowest BCUT2D eigenvalue weighted by Crippen LogP contribution is -2.37. The molecule has 0 saturated carbocycles. The van der Waals surface area contributed by atoms with Crippen LogP contribution in [0.4, 0.5) is 0 Å². The number of rotatable bonds is 1. The zero-order valence-electron chi connectivity index (χ0n) is 12.6. The number of fused-ring (bicyclic) bond motifs is 3. The lowest BCUT2D eigenvalue weighted by Gasteiger charge is -2.27. The SMILES string of the molecule is O=C(c1ccc[n+]([O-])c1)N1CCc2[nH]c3c(Cl)cc(Cl)cc3c2C1. The van der Waals surface area contributed by atoms with Gasteiger partial charge in [-0.2, -0.15) is 4.73 Å². The van der Waals surface area contributed by atoms with E-state index in [2.05, 4.69) is 4.98 Å². The molecule has 0 bridgehead atoms. The number of H-pyrrole nitrogens is 1. The fourth-order valence-corrected chi connectivity index (χ4v) is 3.72. The molecule has 4 rings (SSSR count). The highest BCUT2D eigenvalue weighted by molar-refractivity contribution is 6.38. The molecule has 0 aliphatic carbocycles. The summed E-state index contributed by atoms with van der Waals surface area (Å²) in [5.74, 6) is -0.159. The average Bonchev–Trinajstić information content (AvgIpc) is 2.92. The number of aromatic amines is 1. The maximum absolute atomic E-state index is 12.7. The van der Waals surface area contributed by atoms with Crippen LogP contribution in [0.3, 0.4) is 0 Å². The van der Waals surface area contributed by atoms with Crippen molar-refractivity contribution in [3.8, 4) is 0 Å². The van der Waals surface area contributed by atoms with Gasteiger partial charge in [0.25, 0.3) is 5.91 Å². The molecule has 24 heavy (non-hydrogen) atoms. The number of carbonyl (C=O) groups excluding carboxylic acids is 1. The Bertz CT molecular complexity index is 968. The number of halogens is 2. The van der Waals surface area contributed by atoms with Crippen molar-refractivity contribution >= 4 is 40.0 Å². The second kappa shape index (κ2) is 5.69. The van der Waals surface area contributed by atoms with E-state index in [1.165, 1.54) is 12.4 Å². The van der Waals surface area contributed by atoms with E-state index in [4.69, 9.17) is 23.2 Å². The van der Waals surface area contributed by atoms with Crippen LogP contribution in [0, 0.1) is 5.21 Å². The summed E-state index contributed by atoms with van der Waals surface area (Å²) in [4.78, 5) is 17.7. The van der Waals surface area contributed by atoms with Crippen molar-refractivity contribution in [3.63, 3.8) is 0 Å². The van der Waals surface area contributed by atoms with Gasteiger partial charge in [0.15, 0.2) is 12.4 Å². The number of aromatic nitrogens is 2. The van der Waals surface area contributed by atoms with Gasteiger partial charge in [0, 0.05) is 47.2 Å². The van der Waals surface area contributed by atoms with Gasteiger partial charge in [0.2, 0.25) is 0 Å². The third-order valence-corrected chi connectivity index (χ3v) is 4.83. The molecule has 0 unspecified atom stereocenters. The predicted molar refractivity (Wildman–Crippen MR) is 92.2 cm³/mol. The van der Waals surface area contributed by atoms with E-state index < -0.39 is 0 Å². The average molecular weight is 362 g/mol. The van der Waals surface area contributed by atoms with Crippen LogP contribution in [0.2, 0.25) is 10.0 Å². The molecule has 0 atom stereocenters. The summed E-state index contributed by atoms with van der Waals surface area (Å²) in [6.45, 7) is 1.04. The molecule has 1 aliphatic heterocycles. The van der Waals surface area contributed by atoms with E-state index in [-0.39, 0.29) is 5.91 Å². The summed E-state index contributed by atoms with van der Waals surface area (Å²) < 4.78 is 0.633. The topological polar surface area (TPSA) is 63.0 Å². The summed E-state index contributed by atoms with van der Waals surface area (Å²) in [6, 6.07) is 6.78. The fourth-order valence-electron chi connectivity index (χ4n) is 3.18. The van der Waals surface area contributed by atoms with Gasteiger partial charge >= 0.3 is 0 Å². The second-order valence-electron chi connectivity index (χ2n) is 5.82. The third kappa shape index (κ3) is 2.50. The van der Waals surface area contributed by atoms with Crippen LogP contribution in [0.15, 0.2) is 36.7 Å². The molecular formula is C17H13Cl2N3O2. The van der Waals surface area contributed by atoms with Crippen LogP contribution < -0.4 is 4.73 Å². The quantitative estimate of drug-likeness (QED) is 0.533. The van der Waals surface area contributed by atoms with E-state index in [0.29, 0.717) is 39.8 Å². The van der Waals surface area contributed by atoms with Crippen molar-refractivity contribution in [3.05, 3.63) is 68.7 Å². The largest absolute Gasteiger partial charge is 0.619 e. The van der Waals surface area contributed by atoms with Gasteiger partial charge in [-0.05, 0) is 18.2 Å². The molecule has 122 valence electrons. The molecule has 1 aromatic carbocycles. The first-order chi connectivity index (χ1) is 11.5. The van der Waals surface area contributed by atoms with Crippen molar-refractivity contribution < 1.29 is 9.52 Å². The van der Waals surface area contributed by atoms with Gasteiger partial charge < -0.3 is 15.1 Å².